The van der Waals surface area contributed by atoms with E-state index in [0.717, 1.165) is 38.2 Å². The van der Waals surface area contributed by atoms with Crippen LogP contribution in [0.15, 0.2) is 42.5 Å². The van der Waals surface area contributed by atoms with E-state index >= 15 is 0 Å². The molecule has 1 aliphatic carbocycles. The minimum Gasteiger partial charge on any atom is -0.392 e. The van der Waals surface area contributed by atoms with Gasteiger partial charge >= 0.3 is 0 Å². The molecule has 0 bridgehead atoms. The molecule has 3 aromatic carbocycles. The monoisotopic (exact) mass is 322 g/mol. The Labute approximate surface area is 138 Å². The molecule has 0 saturated carbocycles. The molecular weight excluding hydrogens is 304 g/mol. The molecule has 0 fully saturated rings. The summed E-state index contributed by atoms with van der Waals surface area (Å²) in [5.41, 5.74) is 2.98. The van der Waals surface area contributed by atoms with Crippen LogP contribution in [0.2, 0.25) is 0 Å². The Morgan fingerprint density at radius 2 is 1.46 bits per heavy atom. The van der Waals surface area contributed by atoms with Crippen molar-refractivity contribution in [2.75, 3.05) is 0 Å². The molecule has 0 heterocycles. The van der Waals surface area contributed by atoms with Gasteiger partial charge in [-0.25, -0.2) is 0 Å². The molecule has 122 valence electrons. The summed E-state index contributed by atoms with van der Waals surface area (Å²) in [4.78, 5) is 0. The minimum absolute atomic E-state index is 0.115. The van der Waals surface area contributed by atoms with Gasteiger partial charge in [-0.3, -0.25) is 0 Å². The van der Waals surface area contributed by atoms with Crippen molar-refractivity contribution in [1.29, 1.82) is 0 Å². The van der Waals surface area contributed by atoms with Gasteiger partial charge in [-0.15, -0.1) is 0 Å². The highest BCUT2D eigenvalue weighted by Crippen LogP contribution is 2.40. The standard InChI is InChI=1S/C20H18O4/c21-9-16-11-3-1-2-4-12(11)17(10-22)19-13-7-8-18(23)20(24)15(13)6-5-14(16)19/h1-8,18,20-24H,9-10H2/t18-,20-/m1/s1. The van der Waals surface area contributed by atoms with E-state index in [9.17, 15) is 20.4 Å². The van der Waals surface area contributed by atoms with Gasteiger partial charge in [0, 0.05) is 0 Å². The van der Waals surface area contributed by atoms with Gasteiger partial charge in [0.1, 0.15) is 12.2 Å². The third-order valence-electron chi connectivity index (χ3n) is 4.90. The molecule has 1 aliphatic rings. The van der Waals surface area contributed by atoms with Gasteiger partial charge in [0.15, 0.2) is 0 Å². The van der Waals surface area contributed by atoms with Crippen molar-refractivity contribution >= 4 is 27.6 Å². The van der Waals surface area contributed by atoms with Crippen LogP contribution in [0.5, 0.6) is 0 Å². The summed E-state index contributed by atoms with van der Waals surface area (Å²) in [7, 11) is 0. The van der Waals surface area contributed by atoms with E-state index in [1.807, 2.05) is 30.3 Å². The molecule has 0 radical (unpaired) electrons. The number of hydrogen-bond donors (Lipinski definition) is 4. The molecule has 4 N–H and O–H groups in total. The van der Waals surface area contributed by atoms with Crippen LogP contribution in [-0.4, -0.2) is 26.5 Å². The number of aliphatic hydroxyl groups excluding tert-OH is 4. The van der Waals surface area contributed by atoms with Gasteiger partial charge in [0.25, 0.3) is 0 Å². The first-order chi connectivity index (χ1) is 11.7. The highest BCUT2D eigenvalue weighted by atomic mass is 16.3. The SMILES string of the molecule is OCc1c2ccccc2c(CO)c2c3c(ccc12)[C@@H](O)[C@H](O)C=C3. The maximum Gasteiger partial charge on any atom is 0.109 e. The highest BCUT2D eigenvalue weighted by molar-refractivity contribution is 6.09. The molecule has 0 aromatic heterocycles. The van der Waals surface area contributed by atoms with Gasteiger partial charge < -0.3 is 20.4 Å². The van der Waals surface area contributed by atoms with Crippen molar-refractivity contribution in [3.8, 4) is 0 Å². The Hall–Kier alpha value is -2.24. The van der Waals surface area contributed by atoms with E-state index in [4.69, 9.17) is 0 Å². The van der Waals surface area contributed by atoms with Crippen LogP contribution in [0.1, 0.15) is 28.4 Å². The molecule has 0 unspecified atom stereocenters. The molecule has 0 aliphatic heterocycles. The highest BCUT2D eigenvalue weighted by Gasteiger charge is 2.25. The quantitative estimate of drug-likeness (QED) is 0.546. The lowest BCUT2D eigenvalue weighted by molar-refractivity contribution is 0.0471. The number of rotatable bonds is 2. The van der Waals surface area contributed by atoms with Crippen molar-refractivity contribution < 1.29 is 20.4 Å². The zero-order chi connectivity index (χ0) is 16.8. The van der Waals surface area contributed by atoms with Gasteiger partial charge in [-0.2, -0.15) is 0 Å². The topological polar surface area (TPSA) is 80.9 Å². The van der Waals surface area contributed by atoms with E-state index in [0.29, 0.717) is 5.56 Å². The van der Waals surface area contributed by atoms with Gasteiger partial charge in [-0.1, -0.05) is 48.6 Å². The average Bonchev–Trinajstić information content (AvgIpc) is 2.62. The molecule has 4 heteroatoms. The number of benzene rings is 3. The molecular formula is C20H18O4. The lowest BCUT2D eigenvalue weighted by Gasteiger charge is -2.25. The molecule has 0 amide bonds. The normalized spacial score (nSPS) is 19.8. The molecule has 24 heavy (non-hydrogen) atoms. The summed E-state index contributed by atoms with van der Waals surface area (Å²) in [6.45, 7) is -0.262. The summed E-state index contributed by atoms with van der Waals surface area (Å²) < 4.78 is 0. The van der Waals surface area contributed by atoms with Crippen molar-refractivity contribution in [2.45, 2.75) is 25.4 Å². The third-order valence-corrected chi connectivity index (χ3v) is 4.90. The Kier molecular flexibility index (Phi) is 3.62. The van der Waals surface area contributed by atoms with Gasteiger partial charge in [0.2, 0.25) is 0 Å². The van der Waals surface area contributed by atoms with Crippen LogP contribution in [-0.2, 0) is 13.2 Å². The largest absolute Gasteiger partial charge is 0.392 e. The van der Waals surface area contributed by atoms with Crippen LogP contribution in [0.25, 0.3) is 27.6 Å². The fourth-order valence-corrected chi connectivity index (χ4v) is 3.76. The molecule has 0 spiro atoms. The molecule has 0 saturated heterocycles. The number of aliphatic hydroxyl groups is 4. The second-order valence-electron chi connectivity index (χ2n) is 6.10. The minimum atomic E-state index is -0.995. The maximum atomic E-state index is 10.3. The number of fused-ring (bicyclic) bond motifs is 4. The molecule has 3 aromatic rings. The van der Waals surface area contributed by atoms with Crippen molar-refractivity contribution in [2.24, 2.45) is 0 Å². The van der Waals surface area contributed by atoms with Crippen molar-refractivity contribution in [3.05, 3.63) is 64.7 Å². The molecule has 4 rings (SSSR count). The lowest BCUT2D eigenvalue weighted by Crippen LogP contribution is -2.19. The van der Waals surface area contributed by atoms with E-state index < -0.39 is 12.2 Å². The Morgan fingerprint density at radius 1 is 0.792 bits per heavy atom. The van der Waals surface area contributed by atoms with E-state index in [1.165, 1.54) is 0 Å². The van der Waals surface area contributed by atoms with Gasteiger partial charge in [0.05, 0.1) is 13.2 Å². The maximum absolute atomic E-state index is 10.3. The Bertz CT molecular complexity index is 974. The second kappa shape index (κ2) is 5.69. The Balaban J connectivity index is 2.23. The molecule has 4 nitrogen and oxygen atoms in total. The fourth-order valence-electron chi connectivity index (χ4n) is 3.76. The first-order valence-electron chi connectivity index (χ1n) is 7.92. The van der Waals surface area contributed by atoms with E-state index in [1.54, 1.807) is 18.2 Å². The zero-order valence-corrected chi connectivity index (χ0v) is 13.0. The summed E-state index contributed by atoms with van der Waals surface area (Å²) in [5, 5.41) is 43.6. The zero-order valence-electron chi connectivity index (χ0n) is 13.0. The summed E-state index contributed by atoms with van der Waals surface area (Å²) in [6.07, 6.45) is 1.40. The fraction of sp³-hybridized carbons (Fsp3) is 0.200. The first-order valence-corrected chi connectivity index (χ1v) is 7.92. The van der Waals surface area contributed by atoms with E-state index in [2.05, 4.69) is 0 Å². The smallest absolute Gasteiger partial charge is 0.109 e. The predicted octanol–water partition coefficient (Wildman–Crippen LogP) is 2.40. The summed E-state index contributed by atoms with van der Waals surface area (Å²) in [6, 6.07) is 11.3. The van der Waals surface area contributed by atoms with Crippen LogP contribution in [0, 0.1) is 0 Å². The predicted molar refractivity (Wildman–Crippen MR) is 93.3 cm³/mol. The van der Waals surface area contributed by atoms with Crippen LogP contribution >= 0.6 is 0 Å². The van der Waals surface area contributed by atoms with Crippen LogP contribution < -0.4 is 0 Å². The number of hydrogen-bond acceptors (Lipinski definition) is 4. The summed E-state index contributed by atoms with van der Waals surface area (Å²) >= 11 is 0. The van der Waals surface area contributed by atoms with Crippen LogP contribution in [0.4, 0.5) is 0 Å². The lowest BCUT2D eigenvalue weighted by atomic mass is 9.84. The van der Waals surface area contributed by atoms with Crippen molar-refractivity contribution in [1.82, 2.24) is 0 Å². The third kappa shape index (κ3) is 2.01. The van der Waals surface area contributed by atoms with Gasteiger partial charge in [-0.05, 0) is 43.8 Å². The Morgan fingerprint density at radius 3 is 2.12 bits per heavy atom. The second-order valence-corrected chi connectivity index (χ2v) is 6.10. The van der Waals surface area contributed by atoms with Crippen LogP contribution in [0.3, 0.4) is 0 Å². The van der Waals surface area contributed by atoms with Crippen molar-refractivity contribution in [3.63, 3.8) is 0 Å². The first kappa shape index (κ1) is 15.3. The van der Waals surface area contributed by atoms with E-state index in [-0.39, 0.29) is 13.2 Å². The summed E-state index contributed by atoms with van der Waals surface area (Å²) in [5.74, 6) is 0. The molecule has 2 atom stereocenters. The average molecular weight is 322 g/mol.